The smallest absolute Gasteiger partial charge is 0.203 e. The molecule has 1 N–H and O–H groups in total. The van der Waals surface area contributed by atoms with E-state index in [4.69, 9.17) is 24.7 Å². The molecule has 1 aliphatic carbocycles. The van der Waals surface area contributed by atoms with Gasteiger partial charge in [-0.15, -0.1) is 0 Å². The molecule has 0 spiro atoms. The van der Waals surface area contributed by atoms with E-state index in [-0.39, 0.29) is 6.61 Å². The molecule has 2 aliphatic rings. The molecule has 28 heavy (non-hydrogen) atoms. The highest BCUT2D eigenvalue weighted by Gasteiger charge is 2.13. The van der Waals surface area contributed by atoms with E-state index in [1.807, 2.05) is 36.4 Å². The van der Waals surface area contributed by atoms with E-state index in [9.17, 15) is 5.11 Å². The maximum absolute atomic E-state index is 9.21. The zero-order chi connectivity index (χ0) is 20.1. The van der Waals surface area contributed by atoms with Crippen LogP contribution in [-0.2, 0) is 0 Å². The SMILES string of the molecule is CC[N+](CCO)=c1ccc2nc3c(ccc4ccccc43)oc-2c1.O=[N+]([O-])[O-]. The second-order valence-electron chi connectivity index (χ2n) is 6.03. The van der Waals surface area contributed by atoms with E-state index in [1.165, 1.54) is 0 Å². The largest absolute Gasteiger partial charge is 0.453 e. The van der Waals surface area contributed by atoms with E-state index in [0.717, 1.165) is 45.2 Å². The zero-order valence-corrected chi connectivity index (χ0v) is 15.2. The van der Waals surface area contributed by atoms with Crippen LogP contribution in [0.5, 0.6) is 0 Å². The van der Waals surface area contributed by atoms with Crippen molar-refractivity contribution >= 4 is 21.9 Å². The topological polar surface area (TPSA) is 115 Å². The average Bonchev–Trinajstić information content (AvgIpc) is 2.69. The number of rotatable bonds is 3. The summed E-state index contributed by atoms with van der Waals surface area (Å²) in [6, 6.07) is 18.2. The van der Waals surface area contributed by atoms with Crippen LogP contribution in [0.4, 0.5) is 0 Å². The monoisotopic (exact) mass is 381 g/mol. The first-order valence-corrected chi connectivity index (χ1v) is 8.76. The Kier molecular flexibility index (Phi) is 5.81. The van der Waals surface area contributed by atoms with Gasteiger partial charge in [0.15, 0.2) is 17.9 Å². The lowest BCUT2D eigenvalue weighted by molar-refractivity contribution is -0.402. The minimum Gasteiger partial charge on any atom is -0.453 e. The first-order chi connectivity index (χ1) is 13.5. The molecule has 2 aromatic rings. The molecule has 0 bridgehead atoms. The zero-order valence-electron chi connectivity index (χ0n) is 15.2. The molecule has 1 heterocycles. The van der Waals surface area contributed by atoms with Gasteiger partial charge in [-0.2, -0.15) is 0 Å². The van der Waals surface area contributed by atoms with E-state index in [2.05, 4.69) is 29.7 Å². The molecule has 0 atom stereocenters. The summed E-state index contributed by atoms with van der Waals surface area (Å²) < 4.78 is 8.23. The molecule has 8 nitrogen and oxygen atoms in total. The van der Waals surface area contributed by atoms with Crippen molar-refractivity contribution in [2.45, 2.75) is 6.92 Å². The van der Waals surface area contributed by atoms with Crippen molar-refractivity contribution in [3.8, 4) is 11.5 Å². The van der Waals surface area contributed by atoms with Crippen LogP contribution >= 0.6 is 0 Å². The van der Waals surface area contributed by atoms with E-state index in [1.54, 1.807) is 0 Å². The molecule has 0 radical (unpaired) electrons. The van der Waals surface area contributed by atoms with Crippen LogP contribution < -0.4 is 9.93 Å². The van der Waals surface area contributed by atoms with E-state index in [0.29, 0.717) is 6.54 Å². The third kappa shape index (κ3) is 4.07. The molecule has 0 unspecified atom stereocenters. The van der Waals surface area contributed by atoms with Gasteiger partial charge in [-0.3, -0.25) is 0 Å². The van der Waals surface area contributed by atoms with Gasteiger partial charge in [-0.05, 0) is 24.4 Å². The van der Waals surface area contributed by atoms with E-state index < -0.39 is 5.09 Å². The molecule has 8 heteroatoms. The fraction of sp³-hybridized carbons (Fsp3) is 0.200. The number of hydrogen-bond donors (Lipinski definition) is 1. The highest BCUT2D eigenvalue weighted by molar-refractivity contribution is 6.03. The number of benzene rings is 3. The highest BCUT2D eigenvalue weighted by atomic mass is 16.9. The normalized spacial score (nSPS) is 11.9. The van der Waals surface area contributed by atoms with Crippen LogP contribution in [0.25, 0.3) is 33.3 Å². The Morgan fingerprint density at radius 1 is 1.11 bits per heavy atom. The number of aromatic nitrogens is 1. The van der Waals surface area contributed by atoms with Crippen LogP contribution in [0.3, 0.4) is 0 Å². The van der Waals surface area contributed by atoms with Gasteiger partial charge in [0.05, 0.1) is 11.2 Å². The van der Waals surface area contributed by atoms with Gasteiger partial charge in [-0.1, -0.05) is 30.3 Å². The van der Waals surface area contributed by atoms with Crippen molar-refractivity contribution in [1.82, 2.24) is 9.56 Å². The van der Waals surface area contributed by atoms with E-state index >= 15 is 0 Å². The Bertz CT molecular complexity index is 1170. The van der Waals surface area contributed by atoms with Gasteiger partial charge in [-0.25, -0.2) is 9.56 Å². The summed E-state index contributed by atoms with van der Waals surface area (Å²) in [4.78, 5) is 13.1. The molecule has 0 saturated carbocycles. The number of nitrogens with zero attached hydrogens (tertiary/aromatic N) is 3. The maximum atomic E-state index is 9.21. The molecule has 0 saturated heterocycles. The molecule has 2 aromatic carbocycles. The Hall–Kier alpha value is -3.52. The van der Waals surface area contributed by atoms with Gasteiger partial charge in [0.2, 0.25) is 5.36 Å². The second-order valence-corrected chi connectivity index (χ2v) is 6.03. The molecule has 0 aromatic heterocycles. The number of aliphatic hydroxyl groups excluding tert-OH is 1. The third-order valence-electron chi connectivity index (χ3n) is 4.38. The number of aliphatic hydroxyl groups is 1. The van der Waals surface area contributed by atoms with Crippen molar-refractivity contribution in [2.24, 2.45) is 0 Å². The predicted molar refractivity (Wildman–Crippen MR) is 106 cm³/mol. The minimum atomic E-state index is -1.75. The van der Waals surface area contributed by atoms with Crippen LogP contribution in [0, 0.1) is 15.3 Å². The Morgan fingerprint density at radius 3 is 2.57 bits per heavy atom. The molecular weight excluding hydrogens is 362 g/mol. The Morgan fingerprint density at radius 2 is 1.86 bits per heavy atom. The van der Waals surface area contributed by atoms with Gasteiger partial charge in [0.1, 0.15) is 24.4 Å². The van der Waals surface area contributed by atoms with Gasteiger partial charge in [0.25, 0.3) is 0 Å². The summed E-state index contributed by atoms with van der Waals surface area (Å²) in [5.74, 6) is 0.756. The Balaban J connectivity index is 0.000000516. The lowest BCUT2D eigenvalue weighted by Gasteiger charge is -2.08. The van der Waals surface area contributed by atoms with Crippen molar-refractivity contribution in [2.75, 3.05) is 19.7 Å². The van der Waals surface area contributed by atoms with Crippen LogP contribution in [0.1, 0.15) is 6.92 Å². The molecular formula is C20H19N3O5. The van der Waals surface area contributed by atoms with Gasteiger partial charge >= 0.3 is 0 Å². The predicted octanol–water partition coefficient (Wildman–Crippen LogP) is 2.63. The fourth-order valence-electron chi connectivity index (χ4n) is 3.14. The van der Waals surface area contributed by atoms with Crippen molar-refractivity contribution < 1.29 is 14.6 Å². The molecule has 4 rings (SSSR count). The lowest BCUT2D eigenvalue weighted by Crippen LogP contribution is -2.32. The number of likely N-dealkylation sites (N-methyl/N-ethyl adjacent to an activating group) is 1. The standard InChI is InChI=1S/C20H19N2O2.NO3/c1-2-22(11-12-23)15-8-9-17-19(13-15)24-18-10-7-14-5-3-4-6-16(14)20(18)21-17;2-1(3)4/h3-10,13,23H,2,11-12H2,1H3;/q+1;-1. The lowest BCUT2D eigenvalue weighted by atomic mass is 10.1. The first kappa shape index (κ1) is 19.2. The summed E-state index contributed by atoms with van der Waals surface area (Å²) in [6.07, 6.45) is 0. The van der Waals surface area contributed by atoms with Gasteiger partial charge in [0, 0.05) is 11.5 Å². The average molecular weight is 381 g/mol. The molecule has 0 amide bonds. The first-order valence-electron chi connectivity index (χ1n) is 8.76. The quantitative estimate of drug-likeness (QED) is 0.192. The molecule has 1 aliphatic heterocycles. The van der Waals surface area contributed by atoms with Crippen molar-refractivity contribution in [3.63, 3.8) is 0 Å². The summed E-state index contributed by atoms with van der Waals surface area (Å²) in [5.41, 5.74) is 2.50. The second kappa shape index (κ2) is 8.45. The molecule has 144 valence electrons. The van der Waals surface area contributed by atoms with Crippen LogP contribution in [0.15, 0.2) is 59.0 Å². The van der Waals surface area contributed by atoms with Crippen LogP contribution in [-0.4, -0.2) is 34.9 Å². The maximum Gasteiger partial charge on any atom is 0.203 e. The summed E-state index contributed by atoms with van der Waals surface area (Å²) in [7, 11) is 0. The molecule has 0 fully saturated rings. The summed E-state index contributed by atoms with van der Waals surface area (Å²) in [6.45, 7) is 3.64. The van der Waals surface area contributed by atoms with Crippen LogP contribution in [0.2, 0.25) is 0 Å². The Labute approximate surface area is 160 Å². The number of hydrogen-bond acceptors (Lipinski definition) is 6. The minimum absolute atomic E-state index is 0.130. The third-order valence-corrected chi connectivity index (χ3v) is 4.38. The van der Waals surface area contributed by atoms with Crippen molar-refractivity contribution in [1.29, 1.82) is 0 Å². The van der Waals surface area contributed by atoms with Crippen molar-refractivity contribution in [3.05, 3.63) is 75.3 Å². The fourth-order valence-corrected chi connectivity index (χ4v) is 3.14. The van der Waals surface area contributed by atoms with Gasteiger partial charge < -0.3 is 24.8 Å². The number of fused-ring (bicyclic) bond motifs is 4. The summed E-state index contributed by atoms with van der Waals surface area (Å²) >= 11 is 0. The summed E-state index contributed by atoms with van der Waals surface area (Å²) in [5, 5.41) is 27.2. The highest BCUT2D eigenvalue weighted by Crippen LogP contribution is 2.28.